The van der Waals surface area contributed by atoms with Gasteiger partial charge in [-0.05, 0) is 0 Å². The van der Waals surface area contributed by atoms with E-state index in [0.29, 0.717) is 21.0 Å². The monoisotopic (exact) mass is 320 g/mol. The first-order valence-electron chi connectivity index (χ1n) is 7.15. The summed E-state index contributed by atoms with van der Waals surface area (Å²) in [4.78, 5) is 4.98. The number of nitrogens with zero attached hydrogens (tertiary/aromatic N) is 1. The van der Waals surface area contributed by atoms with Crippen molar-refractivity contribution in [2.24, 2.45) is 4.99 Å². The second-order valence-corrected chi connectivity index (χ2v) is 7.31. The molecule has 2 aliphatic rings. The number of nitrogens with one attached hydrogen (secondary N) is 1. The van der Waals surface area contributed by atoms with Crippen LogP contribution in [0, 0.1) is 0 Å². The molecule has 1 N–H and O–H groups in total. The molecule has 2 nitrogen and oxygen atoms in total. The van der Waals surface area contributed by atoms with Gasteiger partial charge in [-0.25, -0.2) is 0 Å². The standard InChI is InChI=1S/C16H20N2Se/c1-2-15-13-10-6-7-11-14(13)18-16(19-15)17-12-8-4-3-5-9-12/h2,6-7,10-12H,3-5,8-9H2,1H3,(H,17,18)/b15-2-. The second-order valence-electron chi connectivity index (χ2n) is 5.15. The van der Waals surface area contributed by atoms with Crippen molar-refractivity contribution in [3.05, 3.63) is 35.9 Å². The SMILES string of the molecule is C/C=C1\[Se]C(=NC2CCCCC2)Nc2ccccc21. The average molecular weight is 319 g/mol. The van der Waals surface area contributed by atoms with Gasteiger partial charge in [0.25, 0.3) is 0 Å². The summed E-state index contributed by atoms with van der Waals surface area (Å²) in [7, 11) is 0. The number of benzene rings is 1. The number of anilines is 1. The van der Waals surface area contributed by atoms with E-state index in [-0.39, 0.29) is 0 Å². The van der Waals surface area contributed by atoms with E-state index in [1.807, 2.05) is 0 Å². The Kier molecular flexibility index (Phi) is 4.05. The van der Waals surface area contributed by atoms with Crippen molar-refractivity contribution in [3.63, 3.8) is 0 Å². The predicted octanol–water partition coefficient (Wildman–Crippen LogP) is 3.87. The van der Waals surface area contributed by atoms with Crippen LogP contribution in [-0.2, 0) is 0 Å². The first-order chi connectivity index (χ1) is 9.36. The Morgan fingerprint density at radius 2 is 2.00 bits per heavy atom. The van der Waals surface area contributed by atoms with Crippen LogP contribution in [0.4, 0.5) is 5.69 Å². The van der Waals surface area contributed by atoms with E-state index in [9.17, 15) is 0 Å². The van der Waals surface area contributed by atoms with Gasteiger partial charge < -0.3 is 0 Å². The molecule has 0 unspecified atom stereocenters. The van der Waals surface area contributed by atoms with Gasteiger partial charge in [0.05, 0.1) is 0 Å². The van der Waals surface area contributed by atoms with E-state index in [0.717, 1.165) is 0 Å². The van der Waals surface area contributed by atoms with Crippen molar-refractivity contribution in [2.45, 2.75) is 45.1 Å². The molecule has 0 bridgehead atoms. The van der Waals surface area contributed by atoms with Crippen molar-refractivity contribution < 1.29 is 0 Å². The zero-order valence-electron chi connectivity index (χ0n) is 11.4. The van der Waals surface area contributed by atoms with Crippen molar-refractivity contribution >= 4 is 29.8 Å². The van der Waals surface area contributed by atoms with Gasteiger partial charge in [-0.3, -0.25) is 0 Å². The molecule has 1 aromatic carbocycles. The fourth-order valence-corrected chi connectivity index (χ4v) is 4.81. The maximum atomic E-state index is 4.98. The molecule has 0 atom stereocenters. The molecule has 0 aromatic heterocycles. The summed E-state index contributed by atoms with van der Waals surface area (Å²) in [6.07, 6.45) is 8.88. The van der Waals surface area contributed by atoms with E-state index in [2.05, 4.69) is 42.6 Å². The van der Waals surface area contributed by atoms with E-state index < -0.39 is 0 Å². The number of hydrogen-bond acceptors (Lipinski definition) is 1. The quantitative estimate of drug-likeness (QED) is 0.781. The summed E-state index contributed by atoms with van der Waals surface area (Å²) in [5, 5.41) is 3.55. The molecule has 0 saturated heterocycles. The molecule has 3 rings (SSSR count). The van der Waals surface area contributed by atoms with Gasteiger partial charge in [0, 0.05) is 0 Å². The van der Waals surface area contributed by atoms with Gasteiger partial charge in [-0.1, -0.05) is 0 Å². The van der Waals surface area contributed by atoms with E-state index in [4.69, 9.17) is 4.99 Å². The van der Waals surface area contributed by atoms with Crippen LogP contribution in [0.1, 0.15) is 44.6 Å². The molecule has 100 valence electrons. The molecule has 1 heterocycles. The van der Waals surface area contributed by atoms with Crippen molar-refractivity contribution in [1.82, 2.24) is 0 Å². The molecule has 1 aliphatic heterocycles. The second kappa shape index (κ2) is 5.94. The van der Waals surface area contributed by atoms with Gasteiger partial charge in [-0.15, -0.1) is 0 Å². The fourth-order valence-electron chi connectivity index (χ4n) is 2.76. The van der Waals surface area contributed by atoms with Crippen LogP contribution in [0.2, 0.25) is 0 Å². The topological polar surface area (TPSA) is 24.4 Å². The van der Waals surface area contributed by atoms with Crippen LogP contribution in [0.25, 0.3) is 4.47 Å². The maximum absolute atomic E-state index is 4.98. The Morgan fingerprint density at radius 3 is 2.79 bits per heavy atom. The minimum atomic E-state index is 0.334. The fraction of sp³-hybridized carbons (Fsp3) is 0.438. The molecule has 1 fully saturated rings. The Hall–Kier alpha value is -1.05. The van der Waals surface area contributed by atoms with Gasteiger partial charge in [0.1, 0.15) is 0 Å². The number of fused-ring (bicyclic) bond motifs is 1. The molecule has 1 aromatic rings. The first-order valence-corrected chi connectivity index (χ1v) is 8.86. The van der Waals surface area contributed by atoms with Crippen molar-refractivity contribution in [1.29, 1.82) is 0 Å². The zero-order valence-corrected chi connectivity index (χ0v) is 13.1. The third-order valence-corrected chi connectivity index (χ3v) is 6.04. The summed E-state index contributed by atoms with van der Waals surface area (Å²) >= 11 is 0.334. The number of allylic oxidation sites excluding steroid dienone is 1. The summed E-state index contributed by atoms with van der Waals surface area (Å²) in [5.41, 5.74) is 2.57. The molecule has 1 saturated carbocycles. The van der Waals surface area contributed by atoms with Crippen molar-refractivity contribution in [3.8, 4) is 0 Å². The number of para-hydroxylation sites is 1. The van der Waals surface area contributed by atoms with Crippen LogP contribution < -0.4 is 5.32 Å². The number of hydrogen-bond donors (Lipinski definition) is 1. The molecule has 0 amide bonds. The van der Waals surface area contributed by atoms with Crippen LogP contribution in [0.5, 0.6) is 0 Å². The Bertz CT molecular complexity index is 513. The van der Waals surface area contributed by atoms with Crippen LogP contribution >= 0.6 is 0 Å². The Balaban J connectivity index is 1.85. The van der Waals surface area contributed by atoms with Gasteiger partial charge in [0.2, 0.25) is 0 Å². The van der Waals surface area contributed by atoms with Crippen molar-refractivity contribution in [2.75, 3.05) is 5.32 Å². The first kappa shape index (κ1) is 13.0. The predicted molar refractivity (Wildman–Crippen MR) is 83.8 cm³/mol. The van der Waals surface area contributed by atoms with Crippen LogP contribution in [0.3, 0.4) is 0 Å². The van der Waals surface area contributed by atoms with Gasteiger partial charge >= 0.3 is 121 Å². The summed E-state index contributed by atoms with van der Waals surface area (Å²) in [6.45, 7) is 2.14. The number of amidine groups is 1. The minimum absolute atomic E-state index is 0.334. The number of rotatable bonds is 1. The number of aliphatic imine (C=N–C) groups is 1. The zero-order chi connectivity index (χ0) is 13.1. The Morgan fingerprint density at radius 1 is 1.21 bits per heavy atom. The molecule has 0 radical (unpaired) electrons. The van der Waals surface area contributed by atoms with Crippen LogP contribution in [0.15, 0.2) is 35.3 Å². The summed E-state index contributed by atoms with van der Waals surface area (Å²) < 4.78 is 2.67. The molecular weight excluding hydrogens is 299 g/mol. The molecule has 3 heteroatoms. The normalized spacial score (nSPS) is 24.3. The van der Waals surface area contributed by atoms with Crippen LogP contribution in [-0.4, -0.2) is 25.7 Å². The van der Waals surface area contributed by atoms with E-state index in [1.165, 1.54) is 52.6 Å². The third kappa shape index (κ3) is 2.93. The van der Waals surface area contributed by atoms with E-state index >= 15 is 0 Å². The van der Waals surface area contributed by atoms with E-state index in [1.54, 1.807) is 0 Å². The molecule has 0 spiro atoms. The third-order valence-electron chi connectivity index (χ3n) is 3.78. The van der Waals surface area contributed by atoms with Gasteiger partial charge in [0.15, 0.2) is 0 Å². The summed E-state index contributed by atoms with van der Waals surface area (Å²) in [6, 6.07) is 9.13. The average Bonchev–Trinajstić information content (AvgIpc) is 2.47. The molecule has 1 aliphatic carbocycles. The molecular formula is C16H20N2Se. The molecule has 19 heavy (non-hydrogen) atoms. The Labute approximate surface area is 121 Å². The van der Waals surface area contributed by atoms with Gasteiger partial charge in [-0.2, -0.15) is 0 Å². The summed E-state index contributed by atoms with van der Waals surface area (Å²) in [5.74, 6) is 0.